The summed E-state index contributed by atoms with van der Waals surface area (Å²) < 4.78 is 19.0. The first-order valence-corrected chi connectivity index (χ1v) is 7.78. The summed E-state index contributed by atoms with van der Waals surface area (Å²) in [5.74, 6) is 0.513. The molecule has 1 unspecified atom stereocenters. The van der Waals surface area contributed by atoms with Gasteiger partial charge in [0.05, 0.1) is 18.4 Å². The second-order valence-corrected chi connectivity index (χ2v) is 6.07. The Morgan fingerprint density at radius 2 is 2.23 bits per heavy atom. The van der Waals surface area contributed by atoms with Crippen molar-refractivity contribution in [3.05, 3.63) is 24.0 Å². The van der Waals surface area contributed by atoms with Crippen molar-refractivity contribution in [2.45, 2.75) is 31.8 Å². The van der Waals surface area contributed by atoms with Gasteiger partial charge in [0.1, 0.15) is 11.6 Å². The number of β-amino-alcohol motifs (C(OH)–C–C–N with tert-alkyl or cyclic N) is 1. The molecule has 2 aliphatic rings. The van der Waals surface area contributed by atoms with Gasteiger partial charge in [0, 0.05) is 19.2 Å². The van der Waals surface area contributed by atoms with Gasteiger partial charge < -0.3 is 20.1 Å². The van der Waals surface area contributed by atoms with Crippen molar-refractivity contribution >= 4 is 11.7 Å². The first-order valence-electron chi connectivity index (χ1n) is 7.78. The fourth-order valence-corrected chi connectivity index (χ4v) is 2.54. The molecule has 1 atom stereocenters. The van der Waals surface area contributed by atoms with Gasteiger partial charge in [-0.25, -0.2) is 9.18 Å². The number of nitrogens with zero attached hydrogens (tertiary/aromatic N) is 1. The summed E-state index contributed by atoms with van der Waals surface area (Å²) in [5, 5.41) is 12.4. The van der Waals surface area contributed by atoms with Crippen LogP contribution < -0.4 is 10.1 Å². The largest absolute Gasteiger partial charge is 0.491 e. The molecule has 1 saturated heterocycles. The van der Waals surface area contributed by atoms with E-state index >= 15 is 0 Å². The molecular formula is C16H21FN2O3. The van der Waals surface area contributed by atoms with E-state index in [1.54, 1.807) is 4.90 Å². The van der Waals surface area contributed by atoms with Gasteiger partial charge in [-0.05, 0) is 43.7 Å². The first kappa shape index (κ1) is 15.1. The van der Waals surface area contributed by atoms with Gasteiger partial charge in [-0.15, -0.1) is 0 Å². The number of urea groups is 1. The molecule has 2 amide bonds. The van der Waals surface area contributed by atoms with E-state index in [1.165, 1.54) is 18.2 Å². The molecule has 1 heterocycles. The number of likely N-dealkylation sites (tertiary alicyclic amines) is 1. The molecule has 120 valence electrons. The number of benzene rings is 1. The van der Waals surface area contributed by atoms with E-state index in [4.69, 9.17) is 4.74 Å². The molecule has 2 N–H and O–H groups in total. The molecule has 1 aliphatic carbocycles. The van der Waals surface area contributed by atoms with Crippen molar-refractivity contribution < 1.29 is 19.0 Å². The van der Waals surface area contributed by atoms with Crippen LogP contribution in [0.2, 0.25) is 0 Å². The van der Waals surface area contributed by atoms with Gasteiger partial charge in [0.15, 0.2) is 0 Å². The number of piperidine rings is 1. The number of carbonyl (C=O) groups excluding carboxylic acids is 1. The Hall–Kier alpha value is -1.82. The van der Waals surface area contributed by atoms with Crippen LogP contribution in [-0.4, -0.2) is 41.8 Å². The molecule has 0 aromatic heterocycles. The van der Waals surface area contributed by atoms with Crippen LogP contribution >= 0.6 is 0 Å². The summed E-state index contributed by atoms with van der Waals surface area (Å²) in [5.41, 5.74) is 0.465. The predicted octanol–water partition coefficient (Wildman–Crippen LogP) is 2.60. The van der Waals surface area contributed by atoms with Crippen molar-refractivity contribution in [3.63, 3.8) is 0 Å². The predicted molar refractivity (Wildman–Crippen MR) is 80.5 cm³/mol. The quantitative estimate of drug-likeness (QED) is 0.899. The van der Waals surface area contributed by atoms with E-state index in [0.717, 1.165) is 25.7 Å². The third kappa shape index (κ3) is 3.88. The molecule has 5 nitrogen and oxygen atoms in total. The van der Waals surface area contributed by atoms with Crippen LogP contribution in [0.25, 0.3) is 0 Å². The minimum atomic E-state index is -0.474. The highest BCUT2D eigenvalue weighted by Crippen LogP contribution is 2.32. The fraction of sp³-hybridized carbons (Fsp3) is 0.562. The molecule has 0 bridgehead atoms. The molecule has 0 radical (unpaired) electrons. The van der Waals surface area contributed by atoms with Crippen molar-refractivity contribution in [2.24, 2.45) is 5.92 Å². The zero-order valence-corrected chi connectivity index (χ0v) is 12.4. The molecule has 1 aromatic carbocycles. The summed E-state index contributed by atoms with van der Waals surface area (Å²) in [7, 11) is 0. The monoisotopic (exact) mass is 308 g/mol. The highest BCUT2D eigenvalue weighted by molar-refractivity contribution is 5.91. The number of nitrogens with one attached hydrogen (secondary N) is 1. The van der Waals surface area contributed by atoms with Crippen molar-refractivity contribution in [1.82, 2.24) is 4.90 Å². The van der Waals surface area contributed by atoms with Crippen molar-refractivity contribution in [2.75, 3.05) is 25.0 Å². The smallest absolute Gasteiger partial charge is 0.322 e. The molecule has 22 heavy (non-hydrogen) atoms. The van der Waals surface area contributed by atoms with Crippen molar-refractivity contribution in [3.8, 4) is 5.75 Å². The number of carbonyl (C=O) groups is 1. The molecule has 6 heteroatoms. The highest BCUT2D eigenvalue weighted by Gasteiger charge is 2.24. The maximum absolute atomic E-state index is 13.4. The number of hydrogen-bond acceptors (Lipinski definition) is 3. The van der Waals surface area contributed by atoms with Crippen LogP contribution in [0, 0.1) is 11.7 Å². The topological polar surface area (TPSA) is 61.8 Å². The number of hydrogen-bond donors (Lipinski definition) is 2. The summed E-state index contributed by atoms with van der Waals surface area (Å²) in [4.78, 5) is 13.8. The Bertz CT molecular complexity index is 548. The third-order valence-electron chi connectivity index (χ3n) is 4.04. The number of aliphatic hydroxyl groups excluding tert-OH is 1. The number of aliphatic hydroxyl groups is 1. The number of rotatable bonds is 4. The molecular weight excluding hydrogens is 287 g/mol. The van der Waals surface area contributed by atoms with Crippen molar-refractivity contribution in [1.29, 1.82) is 0 Å². The maximum atomic E-state index is 13.4. The molecule has 0 spiro atoms. The minimum absolute atomic E-state index is 0.290. The van der Waals surface area contributed by atoms with Crippen LogP contribution in [0.5, 0.6) is 5.75 Å². The van der Waals surface area contributed by atoms with Gasteiger partial charge in [-0.2, -0.15) is 0 Å². The van der Waals surface area contributed by atoms with Gasteiger partial charge in [0.25, 0.3) is 0 Å². The Morgan fingerprint density at radius 1 is 1.41 bits per heavy atom. The average Bonchev–Trinajstić information content (AvgIpc) is 3.31. The second-order valence-electron chi connectivity index (χ2n) is 6.07. The molecule has 3 rings (SSSR count). The summed E-state index contributed by atoms with van der Waals surface area (Å²) in [6, 6.07) is 3.81. The second kappa shape index (κ2) is 6.52. The average molecular weight is 308 g/mol. The Morgan fingerprint density at radius 3 is 2.95 bits per heavy atom. The summed E-state index contributed by atoms with van der Waals surface area (Å²) >= 11 is 0. The molecule has 1 saturated carbocycles. The summed E-state index contributed by atoms with van der Waals surface area (Å²) in [6.45, 7) is 1.49. The normalized spacial score (nSPS) is 21.5. The zero-order valence-electron chi connectivity index (χ0n) is 12.4. The van der Waals surface area contributed by atoms with E-state index in [1.807, 2.05) is 0 Å². The van der Waals surface area contributed by atoms with E-state index in [0.29, 0.717) is 37.1 Å². The number of halogens is 1. The van der Waals surface area contributed by atoms with E-state index < -0.39 is 11.9 Å². The standard InChI is InChI=1S/C16H21FN2O3/c17-12-5-6-14(15(8-12)22-10-11-3-4-11)18-16(21)19-7-1-2-13(20)9-19/h5-6,8,11,13,20H,1-4,7,9-10H2,(H,18,21). The van der Waals surface area contributed by atoms with Crippen LogP contribution in [0.3, 0.4) is 0 Å². The SMILES string of the molecule is O=C(Nc1ccc(F)cc1OCC1CC1)N1CCCC(O)C1. The highest BCUT2D eigenvalue weighted by atomic mass is 19.1. The number of amides is 2. The van der Waals surface area contributed by atoms with Crippen LogP contribution in [0.15, 0.2) is 18.2 Å². The molecule has 1 aromatic rings. The van der Waals surface area contributed by atoms with Gasteiger partial charge in [0.2, 0.25) is 0 Å². The van der Waals surface area contributed by atoms with Gasteiger partial charge in [-0.1, -0.05) is 0 Å². The Balaban J connectivity index is 1.66. The first-order chi connectivity index (χ1) is 10.6. The lowest BCUT2D eigenvalue weighted by molar-refractivity contribution is 0.0883. The zero-order chi connectivity index (χ0) is 15.5. The van der Waals surface area contributed by atoms with E-state index in [2.05, 4.69) is 5.32 Å². The molecule has 2 fully saturated rings. The fourth-order valence-electron chi connectivity index (χ4n) is 2.54. The van der Waals surface area contributed by atoms with E-state index in [9.17, 15) is 14.3 Å². The lowest BCUT2D eigenvalue weighted by Crippen LogP contribution is -2.44. The lowest BCUT2D eigenvalue weighted by atomic mass is 10.1. The van der Waals surface area contributed by atoms with E-state index in [-0.39, 0.29) is 6.03 Å². The number of anilines is 1. The number of ether oxygens (including phenoxy) is 1. The minimum Gasteiger partial charge on any atom is -0.491 e. The molecule has 1 aliphatic heterocycles. The third-order valence-corrected chi connectivity index (χ3v) is 4.04. The Kier molecular flexibility index (Phi) is 4.47. The van der Waals surface area contributed by atoms with Crippen LogP contribution in [0.4, 0.5) is 14.9 Å². The maximum Gasteiger partial charge on any atom is 0.322 e. The lowest BCUT2D eigenvalue weighted by Gasteiger charge is -2.30. The van der Waals surface area contributed by atoms with Crippen LogP contribution in [0.1, 0.15) is 25.7 Å². The van der Waals surface area contributed by atoms with Gasteiger partial charge in [-0.3, -0.25) is 0 Å². The summed E-state index contributed by atoms with van der Waals surface area (Å²) in [6.07, 6.45) is 3.31. The van der Waals surface area contributed by atoms with Crippen LogP contribution in [-0.2, 0) is 0 Å². The van der Waals surface area contributed by atoms with Gasteiger partial charge >= 0.3 is 6.03 Å². The Labute approximate surface area is 129 Å².